The molecule has 1 aliphatic heterocycles. The zero-order valence-corrected chi connectivity index (χ0v) is 10.8. The maximum Gasteiger partial charge on any atom is 0.0794 e. The Balaban J connectivity index is 1.78. The van der Waals surface area contributed by atoms with Crippen molar-refractivity contribution in [1.82, 2.24) is 15.6 Å². The monoisotopic (exact) mass is 239 g/mol. The van der Waals surface area contributed by atoms with Gasteiger partial charge >= 0.3 is 0 Å². The van der Waals surface area contributed by atoms with Crippen molar-refractivity contribution in [2.75, 3.05) is 19.6 Å². The number of aromatic nitrogens is 1. The fourth-order valence-electron chi connectivity index (χ4n) is 2.39. The molecule has 0 atom stereocenters. The maximum absolute atomic E-state index is 4.09. The molecule has 0 bridgehead atoms. The zero-order valence-electron chi connectivity index (χ0n) is 9.96. The van der Waals surface area contributed by atoms with Crippen LogP contribution >= 0.6 is 11.3 Å². The molecule has 0 radical (unpaired) electrons. The van der Waals surface area contributed by atoms with Crippen LogP contribution in [0.15, 0.2) is 11.7 Å². The second kappa shape index (κ2) is 5.75. The van der Waals surface area contributed by atoms with Crippen molar-refractivity contribution in [3.8, 4) is 0 Å². The Morgan fingerprint density at radius 3 is 2.94 bits per heavy atom. The summed E-state index contributed by atoms with van der Waals surface area (Å²) in [6.45, 7) is 6.79. The van der Waals surface area contributed by atoms with E-state index in [9.17, 15) is 0 Å². The Bertz CT molecular complexity index is 291. The predicted molar refractivity (Wildman–Crippen MR) is 68.6 cm³/mol. The molecule has 0 unspecified atom stereocenters. The second-order valence-corrected chi connectivity index (χ2v) is 5.65. The van der Waals surface area contributed by atoms with Crippen LogP contribution in [-0.2, 0) is 6.54 Å². The minimum absolute atomic E-state index is 0.524. The van der Waals surface area contributed by atoms with Crippen molar-refractivity contribution >= 4 is 11.3 Å². The largest absolute Gasteiger partial charge is 0.317 e. The van der Waals surface area contributed by atoms with Crippen LogP contribution < -0.4 is 10.6 Å². The van der Waals surface area contributed by atoms with Crippen LogP contribution in [-0.4, -0.2) is 24.6 Å². The Morgan fingerprint density at radius 2 is 2.31 bits per heavy atom. The van der Waals surface area contributed by atoms with Crippen molar-refractivity contribution in [3.05, 3.63) is 16.6 Å². The average Bonchev–Trinajstić information content (AvgIpc) is 2.83. The molecule has 1 aromatic rings. The third-order valence-electron chi connectivity index (χ3n) is 3.70. The normalized spacial score (nSPS) is 19.8. The smallest absolute Gasteiger partial charge is 0.0794 e. The summed E-state index contributed by atoms with van der Waals surface area (Å²) >= 11 is 1.73. The van der Waals surface area contributed by atoms with E-state index in [2.05, 4.69) is 22.5 Å². The molecule has 16 heavy (non-hydrogen) atoms. The molecule has 1 aromatic heterocycles. The first-order valence-electron chi connectivity index (χ1n) is 6.13. The summed E-state index contributed by atoms with van der Waals surface area (Å²) < 4.78 is 0. The molecule has 2 rings (SSSR count). The number of hydrogen-bond donors (Lipinski definition) is 2. The van der Waals surface area contributed by atoms with E-state index < -0.39 is 0 Å². The van der Waals surface area contributed by atoms with Gasteiger partial charge in [0.1, 0.15) is 0 Å². The molecule has 1 aliphatic rings. The van der Waals surface area contributed by atoms with Crippen LogP contribution in [0, 0.1) is 5.41 Å². The molecule has 0 spiro atoms. The van der Waals surface area contributed by atoms with Crippen molar-refractivity contribution in [1.29, 1.82) is 0 Å². The van der Waals surface area contributed by atoms with E-state index in [4.69, 9.17) is 0 Å². The lowest BCUT2D eigenvalue weighted by Crippen LogP contribution is -2.42. The first-order valence-corrected chi connectivity index (χ1v) is 7.01. The van der Waals surface area contributed by atoms with Gasteiger partial charge in [0, 0.05) is 24.2 Å². The van der Waals surface area contributed by atoms with Gasteiger partial charge in [-0.1, -0.05) is 6.92 Å². The lowest BCUT2D eigenvalue weighted by atomic mass is 9.76. The SMILES string of the molecule is CCC1(CNCc2cncs2)CCNCC1. The molecule has 3 nitrogen and oxygen atoms in total. The Hall–Kier alpha value is -0.450. The molecule has 1 fully saturated rings. The molecular formula is C12H21N3S. The molecule has 2 N–H and O–H groups in total. The quantitative estimate of drug-likeness (QED) is 0.825. The second-order valence-electron chi connectivity index (χ2n) is 4.67. The summed E-state index contributed by atoms with van der Waals surface area (Å²) in [6, 6.07) is 0. The van der Waals surface area contributed by atoms with E-state index in [1.807, 2.05) is 11.7 Å². The van der Waals surface area contributed by atoms with Crippen LogP contribution in [0.3, 0.4) is 0 Å². The molecule has 0 amide bonds. The average molecular weight is 239 g/mol. The summed E-state index contributed by atoms with van der Waals surface area (Å²) in [6.07, 6.45) is 5.85. The van der Waals surface area contributed by atoms with Crippen molar-refractivity contribution < 1.29 is 0 Å². The summed E-state index contributed by atoms with van der Waals surface area (Å²) in [4.78, 5) is 5.43. The fourth-order valence-corrected chi connectivity index (χ4v) is 2.96. The van der Waals surface area contributed by atoms with Gasteiger partial charge in [0.25, 0.3) is 0 Å². The molecule has 90 valence electrons. The predicted octanol–water partition coefficient (Wildman–Crippen LogP) is 2.01. The minimum atomic E-state index is 0.524. The van der Waals surface area contributed by atoms with Crippen LogP contribution in [0.2, 0.25) is 0 Å². The standard InChI is InChI=1S/C12H21N3S/c1-2-12(3-5-13-6-4-12)9-14-7-11-8-15-10-16-11/h8,10,13-14H,2-7,9H2,1H3. The van der Waals surface area contributed by atoms with Crippen LogP contribution in [0.25, 0.3) is 0 Å². The van der Waals surface area contributed by atoms with Crippen LogP contribution in [0.1, 0.15) is 31.1 Å². The van der Waals surface area contributed by atoms with E-state index in [0.29, 0.717) is 5.41 Å². The Labute approximate surface area is 102 Å². The highest BCUT2D eigenvalue weighted by Gasteiger charge is 2.29. The molecule has 0 aliphatic carbocycles. The van der Waals surface area contributed by atoms with E-state index in [-0.39, 0.29) is 0 Å². The van der Waals surface area contributed by atoms with Gasteiger partial charge in [-0.3, -0.25) is 4.98 Å². The molecule has 0 saturated carbocycles. The molecule has 0 aromatic carbocycles. The number of rotatable bonds is 5. The molecule has 2 heterocycles. The number of nitrogens with zero attached hydrogens (tertiary/aromatic N) is 1. The Kier molecular flexibility index (Phi) is 4.32. The molecular weight excluding hydrogens is 218 g/mol. The van der Waals surface area contributed by atoms with Crippen LogP contribution in [0.4, 0.5) is 0 Å². The van der Waals surface area contributed by atoms with Gasteiger partial charge in [0.05, 0.1) is 5.51 Å². The number of nitrogens with one attached hydrogen (secondary N) is 2. The topological polar surface area (TPSA) is 37.0 Å². The third kappa shape index (κ3) is 3.03. The lowest BCUT2D eigenvalue weighted by Gasteiger charge is -2.37. The fraction of sp³-hybridized carbons (Fsp3) is 0.750. The molecule has 1 saturated heterocycles. The van der Waals surface area contributed by atoms with Gasteiger partial charge < -0.3 is 10.6 Å². The maximum atomic E-state index is 4.09. The minimum Gasteiger partial charge on any atom is -0.317 e. The van der Waals surface area contributed by atoms with Crippen molar-refractivity contribution in [2.45, 2.75) is 32.7 Å². The van der Waals surface area contributed by atoms with Crippen molar-refractivity contribution in [3.63, 3.8) is 0 Å². The molecule has 4 heteroatoms. The summed E-state index contributed by atoms with van der Waals surface area (Å²) in [5.74, 6) is 0. The first kappa shape index (κ1) is 12.0. The Morgan fingerprint density at radius 1 is 1.50 bits per heavy atom. The highest BCUT2D eigenvalue weighted by Crippen LogP contribution is 2.31. The van der Waals surface area contributed by atoms with Gasteiger partial charge in [0.2, 0.25) is 0 Å². The first-order chi connectivity index (χ1) is 7.85. The van der Waals surface area contributed by atoms with Gasteiger partial charge in [0.15, 0.2) is 0 Å². The highest BCUT2D eigenvalue weighted by molar-refractivity contribution is 7.09. The lowest BCUT2D eigenvalue weighted by molar-refractivity contribution is 0.185. The van der Waals surface area contributed by atoms with Gasteiger partial charge in [-0.15, -0.1) is 11.3 Å². The number of thiazole rings is 1. The van der Waals surface area contributed by atoms with E-state index in [0.717, 1.165) is 13.1 Å². The zero-order chi connectivity index (χ0) is 11.3. The highest BCUT2D eigenvalue weighted by atomic mass is 32.1. The van der Waals surface area contributed by atoms with Gasteiger partial charge in [-0.05, 0) is 37.8 Å². The van der Waals surface area contributed by atoms with Gasteiger partial charge in [-0.25, -0.2) is 0 Å². The summed E-state index contributed by atoms with van der Waals surface area (Å²) in [7, 11) is 0. The van der Waals surface area contributed by atoms with Gasteiger partial charge in [-0.2, -0.15) is 0 Å². The van der Waals surface area contributed by atoms with Crippen LogP contribution in [0.5, 0.6) is 0 Å². The van der Waals surface area contributed by atoms with Crippen molar-refractivity contribution in [2.24, 2.45) is 5.41 Å². The third-order valence-corrected chi connectivity index (χ3v) is 4.48. The summed E-state index contributed by atoms with van der Waals surface area (Å²) in [5.41, 5.74) is 2.42. The van der Waals surface area contributed by atoms with E-state index >= 15 is 0 Å². The number of piperidine rings is 1. The van der Waals surface area contributed by atoms with E-state index in [1.165, 1.54) is 37.2 Å². The summed E-state index contributed by atoms with van der Waals surface area (Å²) in [5, 5.41) is 7.03. The van der Waals surface area contributed by atoms with E-state index in [1.54, 1.807) is 11.3 Å². The number of hydrogen-bond acceptors (Lipinski definition) is 4.